The molecular weight excluding hydrogens is 443 g/mol. The number of benzene rings is 1. The number of hydrogen-bond donors (Lipinski definition) is 2. The molecule has 1 aromatic heterocycles. The fraction of sp³-hybridized carbons (Fsp3) is 0.474. The van der Waals surface area contributed by atoms with Crippen molar-refractivity contribution in [3.8, 4) is 0 Å². The second kappa shape index (κ2) is 7.59. The number of rotatable bonds is 5. The van der Waals surface area contributed by atoms with E-state index in [4.69, 9.17) is 4.74 Å². The Morgan fingerprint density at radius 3 is 3.19 bits per heavy atom. The first-order chi connectivity index (χ1) is 12.6. The first-order valence-corrected chi connectivity index (χ1v) is 12.2. The predicted molar refractivity (Wildman–Crippen MR) is 98.9 cm³/mol. The number of hydrogen-bond acceptors (Lipinski definition) is 4. The van der Waals surface area contributed by atoms with E-state index in [0.29, 0.717) is 23.8 Å². The first-order valence-electron chi connectivity index (χ1n) is 9.14. The van der Waals surface area contributed by atoms with Crippen molar-refractivity contribution in [2.24, 2.45) is 0 Å². The molecule has 1 fully saturated rings. The van der Waals surface area contributed by atoms with E-state index < -0.39 is 0 Å². The Labute approximate surface area is 162 Å². The van der Waals surface area contributed by atoms with Crippen LogP contribution in [0.2, 0.25) is 4.37 Å². The molecule has 7 heteroatoms. The van der Waals surface area contributed by atoms with Crippen LogP contribution in [0.1, 0.15) is 49.8 Å². The van der Waals surface area contributed by atoms with Gasteiger partial charge in [0, 0.05) is 6.42 Å². The summed E-state index contributed by atoms with van der Waals surface area (Å²) < 4.78 is 22.5. The molecule has 26 heavy (non-hydrogen) atoms. The van der Waals surface area contributed by atoms with Gasteiger partial charge in [-0.25, -0.2) is 0 Å². The molecule has 1 radical (unpaired) electrons. The Hall–Kier alpha value is -1.55. The van der Waals surface area contributed by atoms with Crippen molar-refractivity contribution in [1.29, 1.82) is 0 Å². The minimum atomic E-state index is -0.361. The van der Waals surface area contributed by atoms with Gasteiger partial charge in [0.25, 0.3) is 0 Å². The predicted octanol–water partition coefficient (Wildman–Crippen LogP) is 3.19. The van der Waals surface area contributed by atoms with Crippen LogP contribution in [0.5, 0.6) is 0 Å². The molecule has 1 aliphatic heterocycles. The molecule has 2 aliphatic rings. The molecule has 5 nitrogen and oxygen atoms in total. The number of ether oxygens (including phenoxy) is 1. The number of anilines is 2. The topological polar surface area (TPSA) is 67.0 Å². The summed E-state index contributed by atoms with van der Waals surface area (Å²) in [4.78, 5) is 11.4. The van der Waals surface area contributed by atoms with Gasteiger partial charge in [-0.1, -0.05) is 6.92 Å². The number of H-pyrrole nitrogens is 1. The summed E-state index contributed by atoms with van der Waals surface area (Å²) >= 11 is -0.361. The number of nitrogens with zero attached hydrogens (tertiary/aromatic N) is 1. The van der Waals surface area contributed by atoms with Crippen LogP contribution in [0, 0.1) is 5.82 Å². The molecule has 1 aromatic carbocycles. The molecule has 2 heterocycles. The van der Waals surface area contributed by atoms with Gasteiger partial charge in [-0.15, -0.1) is 0 Å². The van der Waals surface area contributed by atoms with E-state index in [2.05, 4.69) is 21.6 Å². The molecule has 1 aliphatic carbocycles. The molecule has 0 saturated heterocycles. The van der Waals surface area contributed by atoms with Gasteiger partial charge in [-0.05, 0) is 0 Å². The molecule has 0 amide bonds. The first kappa shape index (κ1) is 17.8. The summed E-state index contributed by atoms with van der Waals surface area (Å²) in [6.07, 6.45) is 3.92. The van der Waals surface area contributed by atoms with E-state index in [1.807, 2.05) is 19.1 Å². The van der Waals surface area contributed by atoms with Crippen LogP contribution < -0.4 is 8.83 Å². The zero-order valence-corrected chi connectivity index (χ0v) is 17.3. The van der Waals surface area contributed by atoms with Crippen LogP contribution in [0.25, 0.3) is 0 Å². The molecule has 2 aromatic rings. The van der Waals surface area contributed by atoms with Crippen molar-refractivity contribution in [1.82, 2.24) is 10.2 Å². The van der Waals surface area contributed by atoms with E-state index >= 15 is 0 Å². The summed E-state index contributed by atoms with van der Waals surface area (Å²) in [6, 6.07) is 5.85. The van der Waals surface area contributed by atoms with Gasteiger partial charge >= 0.3 is 145 Å². The van der Waals surface area contributed by atoms with Crippen LogP contribution in [0.4, 0.5) is 15.9 Å². The quantitative estimate of drug-likeness (QED) is 0.526. The Morgan fingerprint density at radius 1 is 1.46 bits per heavy atom. The second-order valence-corrected chi connectivity index (χ2v) is 10.4. The number of halogens is 1. The zero-order valence-electron chi connectivity index (χ0n) is 14.7. The number of carbonyl (C=O) groups excluding carboxylic acids is 1. The van der Waals surface area contributed by atoms with Gasteiger partial charge in [-0.3, -0.25) is 4.79 Å². The third-order valence-electron chi connectivity index (χ3n) is 5.13. The summed E-state index contributed by atoms with van der Waals surface area (Å²) in [7, 11) is 0. The number of fused-ring (bicyclic) bond motifs is 1. The minimum absolute atomic E-state index is 0.00851. The fourth-order valence-corrected chi connectivity index (χ4v) is 7.03. The number of carbonyl (C=O) groups is 1. The van der Waals surface area contributed by atoms with Gasteiger partial charge in [0.1, 0.15) is 0 Å². The van der Waals surface area contributed by atoms with Crippen molar-refractivity contribution < 1.29 is 13.9 Å². The third-order valence-corrected chi connectivity index (χ3v) is 8.58. The van der Waals surface area contributed by atoms with Gasteiger partial charge in [0.15, 0.2) is 0 Å². The summed E-state index contributed by atoms with van der Waals surface area (Å²) in [5.74, 6) is 0.665. The summed E-state index contributed by atoms with van der Waals surface area (Å²) in [5, 5.41) is 10.5. The van der Waals surface area contributed by atoms with E-state index in [9.17, 15) is 9.18 Å². The molecule has 0 bridgehead atoms. The Kier molecular flexibility index (Phi) is 5.21. The maximum absolute atomic E-state index is 14.6. The average Bonchev–Trinajstić information content (AvgIpc) is 3.37. The monoisotopic (exact) mass is 464 g/mol. The molecule has 2 atom stereocenters. The molecule has 0 spiro atoms. The van der Waals surface area contributed by atoms with Gasteiger partial charge in [0.05, 0.1) is 0 Å². The van der Waals surface area contributed by atoms with Crippen molar-refractivity contribution >= 4 is 42.6 Å². The van der Waals surface area contributed by atoms with Gasteiger partial charge < -0.3 is 0 Å². The third kappa shape index (κ3) is 3.61. The molecule has 2 unspecified atom stereocenters. The van der Waals surface area contributed by atoms with Crippen LogP contribution in [0.15, 0.2) is 18.2 Å². The summed E-state index contributed by atoms with van der Waals surface area (Å²) in [6.45, 7) is 1.81. The van der Waals surface area contributed by atoms with Crippen molar-refractivity contribution in [2.45, 2.75) is 55.4 Å². The number of nitrogens with one attached hydrogen (secondary N) is 2. The normalized spacial score (nSPS) is 21.6. The number of esters is 1. The standard InChI is InChI=1S/C19H22FN3O2.Sb/c1-3-12-6-5-7-15(19(12)20)21-17-11-16(22-23-17)13-8-9-14(10-13)25-18(24)4-2;/h5,7,11,13-14H,1,3-4,8-10H2,2H3,(H2,21,22,23);. The SMILES string of the molecule is CCC(=O)OC1CCC(c2cc(Nc3cc[c]4c(c3F)C[CH2][Sb]4)n[nH]2)C1. The number of aromatic amines is 1. The van der Waals surface area contributed by atoms with E-state index in [1.165, 1.54) is 7.88 Å². The van der Waals surface area contributed by atoms with Crippen molar-refractivity contribution in [2.75, 3.05) is 5.32 Å². The van der Waals surface area contributed by atoms with E-state index in [0.717, 1.165) is 36.9 Å². The Balaban J connectivity index is 1.42. The van der Waals surface area contributed by atoms with E-state index in [1.54, 1.807) is 0 Å². The zero-order chi connectivity index (χ0) is 18.1. The van der Waals surface area contributed by atoms with Crippen LogP contribution in [-0.4, -0.2) is 43.9 Å². The van der Waals surface area contributed by atoms with Gasteiger partial charge in [0.2, 0.25) is 0 Å². The van der Waals surface area contributed by atoms with Crippen molar-refractivity contribution in [3.05, 3.63) is 35.3 Å². The van der Waals surface area contributed by atoms with Crippen LogP contribution in [-0.2, 0) is 16.0 Å². The maximum atomic E-state index is 14.6. The van der Waals surface area contributed by atoms with Crippen molar-refractivity contribution in [3.63, 3.8) is 0 Å². The van der Waals surface area contributed by atoms with Crippen LogP contribution in [0.3, 0.4) is 0 Å². The Morgan fingerprint density at radius 2 is 2.35 bits per heavy atom. The average molecular weight is 465 g/mol. The molecular formula is C19H22FN3O2Sb. The fourth-order valence-electron chi connectivity index (χ4n) is 3.73. The molecule has 137 valence electrons. The molecule has 1 saturated carbocycles. The molecule has 2 N–H and O–H groups in total. The molecule has 4 rings (SSSR count). The summed E-state index contributed by atoms with van der Waals surface area (Å²) in [5.41, 5.74) is 2.41. The van der Waals surface area contributed by atoms with Gasteiger partial charge in [-0.2, -0.15) is 0 Å². The Bertz CT molecular complexity index is 823. The van der Waals surface area contributed by atoms with E-state index in [-0.39, 0.29) is 39.5 Å². The van der Waals surface area contributed by atoms with Crippen LogP contribution >= 0.6 is 0 Å². The second-order valence-electron chi connectivity index (χ2n) is 6.87. The number of aromatic nitrogens is 2.